The van der Waals surface area contributed by atoms with Crippen LogP contribution in [0.25, 0.3) is 0 Å². The maximum absolute atomic E-state index is 13.7. The van der Waals surface area contributed by atoms with E-state index in [-0.39, 0.29) is 22.5 Å². The van der Waals surface area contributed by atoms with Crippen molar-refractivity contribution in [3.63, 3.8) is 0 Å². The molecular formula is C17H21ClFNO3. The second kappa shape index (κ2) is 7.77. The van der Waals surface area contributed by atoms with E-state index in [9.17, 15) is 14.0 Å². The van der Waals surface area contributed by atoms with Gasteiger partial charge in [0, 0.05) is 11.1 Å². The van der Waals surface area contributed by atoms with Crippen LogP contribution in [0.5, 0.6) is 0 Å². The van der Waals surface area contributed by atoms with Crippen molar-refractivity contribution >= 4 is 23.5 Å². The fraction of sp³-hybridized carbons (Fsp3) is 0.529. The van der Waals surface area contributed by atoms with E-state index >= 15 is 0 Å². The fourth-order valence-electron chi connectivity index (χ4n) is 2.76. The van der Waals surface area contributed by atoms with Gasteiger partial charge in [-0.15, -0.1) is 0 Å². The van der Waals surface area contributed by atoms with Crippen LogP contribution in [0.2, 0.25) is 5.02 Å². The third-order valence-electron chi connectivity index (χ3n) is 4.24. The number of esters is 1. The molecule has 1 aliphatic rings. The van der Waals surface area contributed by atoms with Crippen LogP contribution in [0, 0.1) is 11.7 Å². The summed E-state index contributed by atoms with van der Waals surface area (Å²) in [5, 5.41) is 3.11. The monoisotopic (exact) mass is 341 g/mol. The summed E-state index contributed by atoms with van der Waals surface area (Å²) in [5.41, 5.74) is -0.236. The van der Waals surface area contributed by atoms with Crippen LogP contribution in [0.3, 0.4) is 0 Å². The molecule has 0 radical (unpaired) electrons. The molecule has 0 unspecified atom stereocenters. The highest BCUT2D eigenvalue weighted by atomic mass is 35.5. The molecule has 1 amide bonds. The van der Waals surface area contributed by atoms with E-state index in [1.165, 1.54) is 25.5 Å². The molecule has 0 heterocycles. The number of carbonyl (C=O) groups excluding carboxylic acids is 2. The van der Waals surface area contributed by atoms with Crippen molar-refractivity contribution < 1.29 is 18.7 Å². The smallest absolute Gasteiger partial charge is 0.341 e. The number of benzene rings is 1. The molecule has 1 aromatic rings. The maximum Gasteiger partial charge on any atom is 0.341 e. The molecule has 0 aliphatic heterocycles. The summed E-state index contributed by atoms with van der Waals surface area (Å²) < 4.78 is 18.8. The van der Waals surface area contributed by atoms with Gasteiger partial charge in [0.2, 0.25) is 0 Å². The molecule has 0 bridgehead atoms. The van der Waals surface area contributed by atoms with Gasteiger partial charge in [0.05, 0.1) is 5.56 Å². The molecule has 4 nitrogen and oxygen atoms in total. The highest BCUT2D eigenvalue weighted by Crippen LogP contribution is 2.24. The number of rotatable bonds is 4. The van der Waals surface area contributed by atoms with Gasteiger partial charge in [0.15, 0.2) is 6.10 Å². The van der Waals surface area contributed by atoms with Gasteiger partial charge >= 0.3 is 5.97 Å². The predicted molar refractivity (Wildman–Crippen MR) is 85.9 cm³/mol. The second-order valence-electron chi connectivity index (χ2n) is 6.05. The van der Waals surface area contributed by atoms with Crippen molar-refractivity contribution in [3.8, 4) is 0 Å². The standard InChI is InChI=1S/C17H21ClFNO3/c1-10-5-3-4-6-15(10)20-16(21)11(2)23-17(22)13-8-7-12(18)9-14(13)19/h7-11,15H,3-6H2,1-2H3,(H,20,21)/t10-,11+,15+/m0/s1. The third-order valence-corrected chi connectivity index (χ3v) is 4.48. The highest BCUT2D eigenvalue weighted by Gasteiger charge is 2.27. The average molecular weight is 342 g/mol. The highest BCUT2D eigenvalue weighted by molar-refractivity contribution is 6.30. The van der Waals surface area contributed by atoms with Gasteiger partial charge in [-0.2, -0.15) is 0 Å². The molecular weight excluding hydrogens is 321 g/mol. The Kier molecular flexibility index (Phi) is 5.99. The Morgan fingerprint density at radius 3 is 2.70 bits per heavy atom. The summed E-state index contributed by atoms with van der Waals surface area (Å²) >= 11 is 5.64. The van der Waals surface area contributed by atoms with Gasteiger partial charge in [0.25, 0.3) is 5.91 Å². The molecule has 0 saturated heterocycles. The number of carbonyl (C=O) groups is 2. The second-order valence-corrected chi connectivity index (χ2v) is 6.48. The van der Waals surface area contributed by atoms with Gasteiger partial charge in [-0.25, -0.2) is 9.18 Å². The molecule has 126 valence electrons. The van der Waals surface area contributed by atoms with Crippen molar-refractivity contribution in [3.05, 3.63) is 34.6 Å². The zero-order valence-electron chi connectivity index (χ0n) is 13.3. The first-order valence-electron chi connectivity index (χ1n) is 7.85. The molecule has 1 aliphatic carbocycles. The maximum atomic E-state index is 13.7. The number of hydrogen-bond donors (Lipinski definition) is 1. The lowest BCUT2D eigenvalue weighted by Crippen LogP contribution is -2.46. The first-order valence-corrected chi connectivity index (χ1v) is 8.22. The van der Waals surface area contributed by atoms with E-state index in [1.54, 1.807) is 0 Å². The summed E-state index contributed by atoms with van der Waals surface area (Å²) in [6.45, 7) is 3.58. The van der Waals surface area contributed by atoms with Gasteiger partial charge in [-0.05, 0) is 43.9 Å². The minimum absolute atomic E-state index is 0.102. The minimum Gasteiger partial charge on any atom is -0.449 e. The van der Waals surface area contributed by atoms with Crippen LogP contribution < -0.4 is 5.32 Å². The molecule has 0 spiro atoms. The van der Waals surface area contributed by atoms with Crippen molar-refractivity contribution in [1.82, 2.24) is 5.32 Å². The van der Waals surface area contributed by atoms with E-state index in [0.29, 0.717) is 5.92 Å². The molecule has 1 aromatic carbocycles. The molecule has 3 atom stereocenters. The summed E-state index contributed by atoms with van der Waals surface area (Å²) in [7, 11) is 0. The largest absolute Gasteiger partial charge is 0.449 e. The van der Waals surface area contributed by atoms with Crippen LogP contribution >= 0.6 is 11.6 Å². The zero-order chi connectivity index (χ0) is 17.0. The molecule has 0 aromatic heterocycles. The lowest BCUT2D eigenvalue weighted by Gasteiger charge is -2.30. The van der Waals surface area contributed by atoms with Gasteiger partial charge in [0.1, 0.15) is 5.82 Å². The van der Waals surface area contributed by atoms with Gasteiger partial charge < -0.3 is 10.1 Å². The quantitative estimate of drug-likeness (QED) is 0.849. The number of halogens is 2. The fourth-order valence-corrected chi connectivity index (χ4v) is 2.92. The van der Waals surface area contributed by atoms with E-state index in [1.807, 2.05) is 0 Å². The topological polar surface area (TPSA) is 55.4 Å². The molecule has 1 saturated carbocycles. The van der Waals surface area contributed by atoms with E-state index < -0.39 is 17.9 Å². The van der Waals surface area contributed by atoms with Crippen molar-refractivity contribution in [1.29, 1.82) is 0 Å². The molecule has 2 rings (SSSR count). The van der Waals surface area contributed by atoms with Crippen LogP contribution in [0.1, 0.15) is 49.9 Å². The number of nitrogens with one attached hydrogen (secondary N) is 1. The van der Waals surface area contributed by atoms with Crippen LogP contribution in [0.15, 0.2) is 18.2 Å². The van der Waals surface area contributed by atoms with Gasteiger partial charge in [-0.1, -0.05) is 31.4 Å². The number of amides is 1. The Bertz CT molecular complexity index is 593. The predicted octanol–water partition coefficient (Wildman–Crippen LogP) is 3.72. The van der Waals surface area contributed by atoms with Crippen molar-refractivity contribution in [2.75, 3.05) is 0 Å². The Balaban J connectivity index is 1.93. The summed E-state index contributed by atoms with van der Waals surface area (Å²) in [6, 6.07) is 3.78. The van der Waals surface area contributed by atoms with E-state index in [2.05, 4.69) is 12.2 Å². The van der Waals surface area contributed by atoms with Crippen LogP contribution in [-0.4, -0.2) is 24.0 Å². The number of ether oxygens (including phenoxy) is 1. The van der Waals surface area contributed by atoms with Crippen molar-refractivity contribution in [2.45, 2.75) is 51.7 Å². The first-order chi connectivity index (χ1) is 10.9. The molecule has 6 heteroatoms. The van der Waals surface area contributed by atoms with Gasteiger partial charge in [-0.3, -0.25) is 4.79 Å². The lowest BCUT2D eigenvalue weighted by atomic mass is 9.86. The average Bonchev–Trinajstić information content (AvgIpc) is 2.49. The molecule has 1 N–H and O–H groups in total. The van der Waals surface area contributed by atoms with E-state index in [0.717, 1.165) is 25.3 Å². The molecule has 23 heavy (non-hydrogen) atoms. The number of hydrogen-bond acceptors (Lipinski definition) is 3. The normalized spacial score (nSPS) is 22.3. The third kappa shape index (κ3) is 4.67. The Morgan fingerprint density at radius 2 is 2.04 bits per heavy atom. The lowest BCUT2D eigenvalue weighted by molar-refractivity contribution is -0.130. The minimum atomic E-state index is -0.980. The Labute approximate surface area is 140 Å². The van der Waals surface area contributed by atoms with Crippen LogP contribution in [-0.2, 0) is 9.53 Å². The van der Waals surface area contributed by atoms with E-state index in [4.69, 9.17) is 16.3 Å². The van der Waals surface area contributed by atoms with Crippen molar-refractivity contribution in [2.24, 2.45) is 5.92 Å². The summed E-state index contributed by atoms with van der Waals surface area (Å²) in [5.74, 6) is -1.59. The SMILES string of the molecule is C[C@@H](OC(=O)c1ccc(Cl)cc1F)C(=O)N[C@@H]1CCCC[C@@H]1C. The first kappa shape index (κ1) is 17.7. The summed E-state index contributed by atoms with van der Waals surface area (Å²) in [6.07, 6.45) is 3.29. The summed E-state index contributed by atoms with van der Waals surface area (Å²) in [4.78, 5) is 24.1. The Hall–Kier alpha value is -1.62. The Morgan fingerprint density at radius 1 is 1.35 bits per heavy atom. The van der Waals surface area contributed by atoms with Crippen LogP contribution in [0.4, 0.5) is 4.39 Å². The molecule has 1 fully saturated rings. The zero-order valence-corrected chi connectivity index (χ0v) is 14.0.